The van der Waals surface area contributed by atoms with Gasteiger partial charge in [0.25, 0.3) is 11.1 Å². The molecule has 0 fully saturated rings. The van der Waals surface area contributed by atoms with E-state index in [2.05, 4.69) is 9.97 Å². The van der Waals surface area contributed by atoms with Crippen LogP contribution in [0.3, 0.4) is 0 Å². The van der Waals surface area contributed by atoms with Crippen molar-refractivity contribution in [1.29, 1.82) is 0 Å². The van der Waals surface area contributed by atoms with Gasteiger partial charge in [-0.3, -0.25) is 9.59 Å². The first kappa shape index (κ1) is 14.5. The van der Waals surface area contributed by atoms with Gasteiger partial charge in [-0.05, 0) is 0 Å². The standard InChI is InChI=1S/C10H10N4O4S2/c15-7-1-3-11-9(17)13(7)5-19-20-6-14-8(16)2-4-12-10(14)18/h1-4H,5-6H2,(H,11,17)(H,12,18). The van der Waals surface area contributed by atoms with Gasteiger partial charge < -0.3 is 9.97 Å². The second kappa shape index (κ2) is 6.48. The van der Waals surface area contributed by atoms with Gasteiger partial charge >= 0.3 is 11.4 Å². The first-order valence-corrected chi connectivity index (χ1v) is 7.90. The minimum absolute atomic E-state index is 0.124. The summed E-state index contributed by atoms with van der Waals surface area (Å²) in [6.07, 6.45) is 2.56. The summed E-state index contributed by atoms with van der Waals surface area (Å²) in [5.41, 5.74) is -1.81. The third-order valence-electron chi connectivity index (χ3n) is 2.33. The first-order chi connectivity index (χ1) is 9.59. The molecular formula is C10H10N4O4S2. The van der Waals surface area contributed by atoms with Crippen LogP contribution in [0.25, 0.3) is 0 Å². The molecule has 10 heteroatoms. The van der Waals surface area contributed by atoms with E-state index in [0.29, 0.717) is 0 Å². The van der Waals surface area contributed by atoms with E-state index in [9.17, 15) is 19.2 Å². The van der Waals surface area contributed by atoms with E-state index in [4.69, 9.17) is 0 Å². The quantitative estimate of drug-likeness (QED) is 0.562. The zero-order valence-electron chi connectivity index (χ0n) is 10.1. The molecule has 2 rings (SSSR count). The van der Waals surface area contributed by atoms with Gasteiger partial charge in [0, 0.05) is 24.5 Å². The molecule has 0 saturated carbocycles. The molecule has 2 aromatic rings. The topological polar surface area (TPSA) is 110 Å². The molecule has 20 heavy (non-hydrogen) atoms. The second-order valence-corrected chi connectivity index (χ2v) is 5.99. The Morgan fingerprint density at radius 2 is 1.20 bits per heavy atom. The molecule has 0 radical (unpaired) electrons. The minimum atomic E-state index is -0.500. The zero-order valence-corrected chi connectivity index (χ0v) is 11.7. The van der Waals surface area contributed by atoms with Crippen LogP contribution < -0.4 is 22.5 Å². The molecule has 0 aliphatic carbocycles. The lowest BCUT2D eigenvalue weighted by Crippen LogP contribution is -2.33. The van der Waals surface area contributed by atoms with Gasteiger partial charge in [-0.1, -0.05) is 21.6 Å². The summed E-state index contributed by atoms with van der Waals surface area (Å²) in [4.78, 5) is 50.4. The number of hydrogen-bond acceptors (Lipinski definition) is 6. The van der Waals surface area contributed by atoms with Crippen molar-refractivity contribution in [2.24, 2.45) is 0 Å². The highest BCUT2D eigenvalue weighted by Crippen LogP contribution is 2.22. The van der Waals surface area contributed by atoms with Crippen molar-refractivity contribution in [3.63, 3.8) is 0 Å². The lowest BCUT2D eigenvalue weighted by molar-refractivity contribution is 0.758. The van der Waals surface area contributed by atoms with Crippen LogP contribution in [0.5, 0.6) is 0 Å². The molecule has 0 aromatic carbocycles. The molecule has 0 amide bonds. The van der Waals surface area contributed by atoms with Crippen LogP contribution in [-0.4, -0.2) is 19.1 Å². The maximum absolute atomic E-state index is 11.4. The average molecular weight is 314 g/mol. The van der Waals surface area contributed by atoms with Gasteiger partial charge in [0.2, 0.25) is 0 Å². The third-order valence-corrected chi connectivity index (χ3v) is 4.36. The van der Waals surface area contributed by atoms with Crippen molar-refractivity contribution >= 4 is 21.6 Å². The number of aromatic amines is 2. The second-order valence-electron chi connectivity index (χ2n) is 3.59. The van der Waals surface area contributed by atoms with Crippen LogP contribution in [0.15, 0.2) is 43.7 Å². The number of rotatable bonds is 5. The van der Waals surface area contributed by atoms with Crippen molar-refractivity contribution < 1.29 is 0 Å². The molecule has 0 spiro atoms. The molecule has 0 unspecified atom stereocenters. The van der Waals surface area contributed by atoms with Crippen LogP contribution in [0.2, 0.25) is 0 Å². The van der Waals surface area contributed by atoms with E-state index in [-0.39, 0.29) is 11.8 Å². The maximum Gasteiger partial charge on any atom is 0.329 e. The van der Waals surface area contributed by atoms with Crippen LogP contribution in [0.1, 0.15) is 0 Å². The fourth-order valence-corrected chi connectivity index (χ4v) is 3.26. The number of nitrogens with one attached hydrogen (secondary N) is 2. The summed E-state index contributed by atoms with van der Waals surface area (Å²) in [6, 6.07) is 2.50. The number of H-pyrrole nitrogens is 2. The van der Waals surface area contributed by atoms with Crippen LogP contribution in [0, 0.1) is 0 Å². The zero-order chi connectivity index (χ0) is 14.5. The van der Waals surface area contributed by atoms with Gasteiger partial charge in [0.15, 0.2) is 0 Å². The summed E-state index contributed by atoms with van der Waals surface area (Å²) in [5.74, 6) is 0.248. The molecule has 0 bridgehead atoms. The Bertz CT molecular complexity index is 693. The first-order valence-electron chi connectivity index (χ1n) is 5.41. The maximum atomic E-state index is 11.4. The van der Waals surface area contributed by atoms with E-state index in [1.54, 1.807) is 0 Å². The minimum Gasteiger partial charge on any atom is -0.314 e. The normalized spacial score (nSPS) is 10.6. The Kier molecular flexibility index (Phi) is 4.69. The van der Waals surface area contributed by atoms with E-state index in [1.807, 2.05) is 0 Å². The SMILES string of the molecule is O=c1cc[nH]c(=O)n1CSSCn1c(=O)cc[nH]c1=O. The molecule has 0 aliphatic rings. The van der Waals surface area contributed by atoms with Crippen molar-refractivity contribution in [2.75, 3.05) is 0 Å². The predicted octanol–water partition coefficient (Wildman–Crippen LogP) is -0.617. The van der Waals surface area contributed by atoms with Crippen molar-refractivity contribution in [3.8, 4) is 0 Å². The molecule has 2 aromatic heterocycles. The molecule has 106 valence electrons. The summed E-state index contributed by atoms with van der Waals surface area (Å²) in [6.45, 7) is 0. The molecule has 0 aliphatic heterocycles. The van der Waals surface area contributed by atoms with E-state index >= 15 is 0 Å². The molecule has 2 heterocycles. The van der Waals surface area contributed by atoms with Gasteiger partial charge in [0.1, 0.15) is 0 Å². The highest BCUT2D eigenvalue weighted by Gasteiger charge is 2.03. The predicted molar refractivity (Wildman–Crippen MR) is 77.8 cm³/mol. The third kappa shape index (κ3) is 3.33. The molecule has 0 atom stereocenters. The van der Waals surface area contributed by atoms with E-state index in [1.165, 1.54) is 46.1 Å². The van der Waals surface area contributed by atoms with Crippen LogP contribution >= 0.6 is 21.6 Å². The number of aromatic nitrogens is 4. The van der Waals surface area contributed by atoms with Gasteiger partial charge in [-0.15, -0.1) is 0 Å². The van der Waals surface area contributed by atoms with Gasteiger partial charge in [0.05, 0.1) is 11.8 Å². The molecule has 8 nitrogen and oxygen atoms in total. The molecule has 0 saturated heterocycles. The summed E-state index contributed by atoms with van der Waals surface area (Å²) in [7, 11) is 2.39. The molecular weight excluding hydrogens is 304 g/mol. The Morgan fingerprint density at radius 3 is 1.55 bits per heavy atom. The average Bonchev–Trinajstić information content (AvgIpc) is 2.40. The highest BCUT2D eigenvalue weighted by atomic mass is 33.1. The van der Waals surface area contributed by atoms with Crippen molar-refractivity contribution in [3.05, 3.63) is 66.2 Å². The van der Waals surface area contributed by atoms with Crippen LogP contribution in [-0.2, 0) is 11.8 Å². The molecule has 2 N–H and O–H groups in total. The lowest BCUT2D eigenvalue weighted by Gasteiger charge is -2.04. The smallest absolute Gasteiger partial charge is 0.314 e. The Morgan fingerprint density at radius 1 is 0.800 bits per heavy atom. The van der Waals surface area contributed by atoms with Gasteiger partial charge in [-0.2, -0.15) is 0 Å². The Hall–Kier alpha value is -1.94. The largest absolute Gasteiger partial charge is 0.329 e. The van der Waals surface area contributed by atoms with Gasteiger partial charge in [-0.25, -0.2) is 18.7 Å². The van der Waals surface area contributed by atoms with Crippen LogP contribution in [0.4, 0.5) is 0 Å². The number of nitrogens with zero attached hydrogens (tertiary/aromatic N) is 2. The Labute approximate surface area is 119 Å². The van der Waals surface area contributed by atoms with Crippen molar-refractivity contribution in [1.82, 2.24) is 19.1 Å². The fourth-order valence-electron chi connectivity index (χ4n) is 1.33. The summed E-state index contributed by atoms with van der Waals surface area (Å²) < 4.78 is 2.05. The number of hydrogen-bond donors (Lipinski definition) is 2. The Balaban J connectivity index is 1.98. The monoisotopic (exact) mass is 314 g/mol. The lowest BCUT2D eigenvalue weighted by atomic mass is 10.6. The summed E-state index contributed by atoms with van der Waals surface area (Å²) in [5, 5.41) is 0. The summed E-state index contributed by atoms with van der Waals surface area (Å²) >= 11 is 0. The fraction of sp³-hybridized carbons (Fsp3) is 0.200. The van der Waals surface area contributed by atoms with E-state index in [0.717, 1.165) is 9.13 Å². The van der Waals surface area contributed by atoms with E-state index < -0.39 is 22.5 Å². The van der Waals surface area contributed by atoms with Crippen molar-refractivity contribution in [2.45, 2.75) is 11.8 Å². The highest BCUT2D eigenvalue weighted by molar-refractivity contribution is 8.76.